The van der Waals surface area contributed by atoms with Gasteiger partial charge in [0, 0.05) is 12.6 Å². The molecule has 2 N–H and O–H groups in total. The number of halogens is 2. The minimum Gasteiger partial charge on any atom is -0.486 e. The third-order valence-corrected chi connectivity index (χ3v) is 3.40. The van der Waals surface area contributed by atoms with E-state index in [1.54, 1.807) is 12.1 Å². The molecule has 1 unspecified atom stereocenters. The third kappa shape index (κ3) is 4.95. The van der Waals surface area contributed by atoms with Gasteiger partial charge in [0.05, 0.1) is 11.4 Å². The van der Waals surface area contributed by atoms with Gasteiger partial charge in [-0.25, -0.2) is 0 Å². The maximum atomic E-state index is 11.9. The summed E-state index contributed by atoms with van der Waals surface area (Å²) in [6, 6.07) is 3.79. The number of hydrogen-bond donors (Lipinski definition) is 2. The topological polar surface area (TPSA) is 59.6 Å². The van der Waals surface area contributed by atoms with Crippen LogP contribution in [-0.4, -0.2) is 38.8 Å². The van der Waals surface area contributed by atoms with Crippen LogP contribution in [-0.2, 0) is 11.2 Å². The number of ether oxygens (including phenoxy) is 2. The lowest BCUT2D eigenvalue weighted by molar-refractivity contribution is -0.120. The predicted octanol–water partition coefficient (Wildman–Crippen LogP) is 1.80. The van der Waals surface area contributed by atoms with Gasteiger partial charge in [0.15, 0.2) is 11.5 Å². The second-order valence-corrected chi connectivity index (χ2v) is 5.18. The van der Waals surface area contributed by atoms with E-state index in [0.29, 0.717) is 36.3 Å². The number of carbonyl (C=O) groups excluding carboxylic acids is 1. The normalized spacial score (nSPS) is 14.0. The zero-order valence-electron chi connectivity index (χ0n) is 12.1. The number of fused-ring (bicyclic) bond motifs is 1. The number of carbonyl (C=O) groups is 1. The van der Waals surface area contributed by atoms with Crippen LogP contribution in [0.25, 0.3) is 0 Å². The molecule has 0 aliphatic carbocycles. The minimum absolute atomic E-state index is 0. The fourth-order valence-electron chi connectivity index (χ4n) is 1.88. The van der Waals surface area contributed by atoms with Crippen molar-refractivity contribution in [2.75, 3.05) is 26.8 Å². The fourth-order valence-corrected chi connectivity index (χ4v) is 2.17. The van der Waals surface area contributed by atoms with Gasteiger partial charge in [-0.05, 0) is 31.7 Å². The molecule has 0 aromatic heterocycles. The van der Waals surface area contributed by atoms with E-state index in [9.17, 15) is 4.79 Å². The van der Waals surface area contributed by atoms with E-state index in [-0.39, 0.29) is 30.8 Å². The molecule has 1 aromatic rings. The van der Waals surface area contributed by atoms with E-state index in [2.05, 4.69) is 10.6 Å². The summed E-state index contributed by atoms with van der Waals surface area (Å²) in [6.07, 6.45) is 0.271. The Hall–Kier alpha value is -1.17. The smallest absolute Gasteiger partial charge is 0.224 e. The molecular formula is C14H20Cl2N2O3. The summed E-state index contributed by atoms with van der Waals surface area (Å²) in [4.78, 5) is 11.9. The van der Waals surface area contributed by atoms with Crippen molar-refractivity contribution in [2.45, 2.75) is 19.4 Å². The Morgan fingerprint density at radius 3 is 2.81 bits per heavy atom. The van der Waals surface area contributed by atoms with Gasteiger partial charge in [-0.15, -0.1) is 12.4 Å². The monoisotopic (exact) mass is 334 g/mol. The molecule has 0 saturated carbocycles. The quantitative estimate of drug-likeness (QED) is 0.862. The minimum atomic E-state index is -0.0418. The Bertz CT molecular complexity index is 497. The number of hydrogen-bond acceptors (Lipinski definition) is 4. The van der Waals surface area contributed by atoms with Gasteiger partial charge in [0.1, 0.15) is 13.2 Å². The number of benzene rings is 1. The SMILES string of the molecule is CNC(C)CNC(=O)Cc1cc(Cl)c2c(c1)OCCO2.Cl. The average Bonchev–Trinajstić information content (AvgIpc) is 2.44. The maximum absolute atomic E-state index is 11.9. The molecule has 1 amide bonds. The summed E-state index contributed by atoms with van der Waals surface area (Å²) in [7, 11) is 1.86. The number of nitrogens with one attached hydrogen (secondary N) is 2. The lowest BCUT2D eigenvalue weighted by Gasteiger charge is -2.20. The van der Waals surface area contributed by atoms with Gasteiger partial charge in [0.25, 0.3) is 0 Å². The fraction of sp³-hybridized carbons (Fsp3) is 0.500. The molecule has 7 heteroatoms. The molecule has 0 bridgehead atoms. The molecule has 0 saturated heterocycles. The molecule has 0 spiro atoms. The Morgan fingerprint density at radius 2 is 2.10 bits per heavy atom. The van der Waals surface area contributed by atoms with E-state index in [0.717, 1.165) is 5.56 Å². The van der Waals surface area contributed by atoms with Crippen LogP contribution >= 0.6 is 24.0 Å². The Balaban J connectivity index is 0.00000220. The molecule has 118 valence electrons. The summed E-state index contributed by atoms with van der Waals surface area (Å²) >= 11 is 6.13. The molecule has 1 heterocycles. The van der Waals surface area contributed by atoms with E-state index in [1.807, 2.05) is 14.0 Å². The van der Waals surface area contributed by atoms with Crippen molar-refractivity contribution in [1.29, 1.82) is 0 Å². The van der Waals surface area contributed by atoms with E-state index < -0.39 is 0 Å². The lowest BCUT2D eigenvalue weighted by atomic mass is 10.1. The second kappa shape index (κ2) is 8.32. The third-order valence-electron chi connectivity index (χ3n) is 3.12. The number of likely N-dealkylation sites (N-methyl/N-ethyl adjacent to an activating group) is 1. The van der Waals surface area contributed by atoms with Gasteiger partial charge >= 0.3 is 0 Å². The van der Waals surface area contributed by atoms with E-state index >= 15 is 0 Å². The average molecular weight is 335 g/mol. The summed E-state index contributed by atoms with van der Waals surface area (Å²) < 4.78 is 10.9. The van der Waals surface area contributed by atoms with Crippen LogP contribution in [0.1, 0.15) is 12.5 Å². The first kappa shape index (κ1) is 17.9. The summed E-state index contributed by atoms with van der Waals surface area (Å²) in [5.41, 5.74) is 0.814. The first-order chi connectivity index (χ1) is 9.60. The maximum Gasteiger partial charge on any atom is 0.224 e. The highest BCUT2D eigenvalue weighted by Crippen LogP contribution is 2.38. The molecule has 21 heavy (non-hydrogen) atoms. The predicted molar refractivity (Wildman–Crippen MR) is 84.9 cm³/mol. The van der Waals surface area contributed by atoms with Gasteiger partial charge in [-0.3, -0.25) is 4.79 Å². The molecule has 1 aliphatic rings. The largest absolute Gasteiger partial charge is 0.486 e. The molecule has 0 radical (unpaired) electrons. The van der Waals surface area contributed by atoms with E-state index in [4.69, 9.17) is 21.1 Å². The molecule has 2 rings (SSSR count). The van der Waals surface area contributed by atoms with Crippen molar-refractivity contribution < 1.29 is 14.3 Å². The van der Waals surface area contributed by atoms with Crippen molar-refractivity contribution in [3.63, 3.8) is 0 Å². The van der Waals surface area contributed by atoms with Crippen LogP contribution < -0.4 is 20.1 Å². The van der Waals surface area contributed by atoms with Gasteiger partial charge in [0.2, 0.25) is 5.91 Å². The highest BCUT2D eigenvalue weighted by Gasteiger charge is 2.17. The zero-order chi connectivity index (χ0) is 14.5. The van der Waals surface area contributed by atoms with Crippen LogP contribution in [0.2, 0.25) is 5.02 Å². The summed E-state index contributed by atoms with van der Waals surface area (Å²) in [6.45, 7) is 3.59. The summed E-state index contributed by atoms with van der Waals surface area (Å²) in [5, 5.41) is 6.41. The van der Waals surface area contributed by atoms with Crippen molar-refractivity contribution in [3.05, 3.63) is 22.7 Å². The van der Waals surface area contributed by atoms with Crippen LogP contribution in [0.3, 0.4) is 0 Å². The van der Waals surface area contributed by atoms with Gasteiger partial charge < -0.3 is 20.1 Å². The molecule has 1 aromatic carbocycles. The van der Waals surface area contributed by atoms with E-state index in [1.165, 1.54) is 0 Å². The second-order valence-electron chi connectivity index (χ2n) is 4.77. The van der Waals surface area contributed by atoms with Crippen molar-refractivity contribution in [2.24, 2.45) is 0 Å². The van der Waals surface area contributed by atoms with Crippen LogP contribution in [0.4, 0.5) is 0 Å². The van der Waals surface area contributed by atoms with Crippen molar-refractivity contribution >= 4 is 29.9 Å². The molecule has 5 nitrogen and oxygen atoms in total. The molecule has 0 fully saturated rings. The van der Waals surface area contributed by atoms with Crippen molar-refractivity contribution in [3.8, 4) is 11.5 Å². The van der Waals surface area contributed by atoms with Crippen LogP contribution in [0.15, 0.2) is 12.1 Å². The first-order valence-corrected chi connectivity index (χ1v) is 7.00. The Morgan fingerprint density at radius 1 is 1.38 bits per heavy atom. The highest BCUT2D eigenvalue weighted by atomic mass is 35.5. The standard InChI is InChI=1S/C14H19ClN2O3.ClH/c1-9(16-2)8-17-13(18)7-10-5-11(15)14-12(6-10)19-3-4-20-14;/h5-6,9,16H,3-4,7-8H2,1-2H3,(H,17,18);1H. The summed E-state index contributed by atoms with van der Waals surface area (Å²) in [5.74, 6) is 1.13. The molecular weight excluding hydrogens is 315 g/mol. The Kier molecular flexibility index (Phi) is 7.08. The highest BCUT2D eigenvalue weighted by molar-refractivity contribution is 6.32. The molecule has 1 atom stereocenters. The molecule has 1 aliphatic heterocycles. The first-order valence-electron chi connectivity index (χ1n) is 6.62. The van der Waals surface area contributed by atoms with Crippen LogP contribution in [0, 0.1) is 0 Å². The van der Waals surface area contributed by atoms with Gasteiger partial charge in [-0.1, -0.05) is 11.6 Å². The Labute approximate surface area is 135 Å². The van der Waals surface area contributed by atoms with Crippen LogP contribution in [0.5, 0.6) is 11.5 Å². The zero-order valence-corrected chi connectivity index (χ0v) is 13.6. The number of amides is 1. The lowest BCUT2D eigenvalue weighted by Crippen LogP contribution is -2.37. The number of rotatable bonds is 5. The van der Waals surface area contributed by atoms with Gasteiger partial charge in [-0.2, -0.15) is 0 Å². The van der Waals surface area contributed by atoms with Crippen molar-refractivity contribution in [1.82, 2.24) is 10.6 Å².